The van der Waals surface area contributed by atoms with E-state index in [1.54, 1.807) is 13.2 Å². The van der Waals surface area contributed by atoms with Gasteiger partial charge in [-0.3, -0.25) is 9.58 Å². The van der Waals surface area contributed by atoms with Gasteiger partial charge in [-0.1, -0.05) is 0 Å². The monoisotopic (exact) mass is 536 g/mol. The highest BCUT2D eigenvalue weighted by molar-refractivity contribution is 5.55. The van der Waals surface area contributed by atoms with Gasteiger partial charge in [-0.25, -0.2) is 9.97 Å². The number of hydrogen-bond donors (Lipinski definition) is 1. The number of aromatic nitrogens is 4. The van der Waals surface area contributed by atoms with E-state index in [0.717, 1.165) is 44.6 Å². The van der Waals surface area contributed by atoms with Gasteiger partial charge in [-0.05, 0) is 39.2 Å². The number of nitrogens with one attached hydrogen (secondary N) is 1. The molecule has 3 saturated heterocycles. The molecule has 3 aliphatic rings. The lowest BCUT2D eigenvalue weighted by Crippen LogP contribution is -2.68. The Morgan fingerprint density at radius 2 is 1.79 bits per heavy atom. The molecule has 0 saturated carbocycles. The summed E-state index contributed by atoms with van der Waals surface area (Å²) in [5, 5.41) is 7.89. The Hall–Kier alpha value is -2.44. The molecule has 2 aromatic heterocycles. The first-order chi connectivity index (χ1) is 18.2. The predicted molar refractivity (Wildman–Crippen MR) is 140 cm³/mol. The molecule has 0 radical (unpaired) electrons. The molecule has 38 heavy (non-hydrogen) atoms. The van der Waals surface area contributed by atoms with Crippen molar-refractivity contribution in [3.63, 3.8) is 0 Å². The van der Waals surface area contributed by atoms with E-state index in [1.165, 1.54) is 5.69 Å². The Balaban J connectivity index is 1.35. The van der Waals surface area contributed by atoms with Gasteiger partial charge in [0.1, 0.15) is 11.6 Å². The Labute approximate surface area is 222 Å². The van der Waals surface area contributed by atoms with Gasteiger partial charge in [0.05, 0.1) is 19.3 Å². The summed E-state index contributed by atoms with van der Waals surface area (Å²) in [6.07, 6.45) is -1.10. The van der Waals surface area contributed by atoms with E-state index >= 15 is 0 Å². The maximum atomic E-state index is 13.9. The number of aryl methyl sites for hydroxylation is 1. The fourth-order valence-corrected chi connectivity index (χ4v) is 6.31. The highest BCUT2D eigenvalue weighted by Gasteiger charge is 2.43. The van der Waals surface area contributed by atoms with Crippen molar-refractivity contribution in [1.29, 1.82) is 0 Å². The SMILES string of the molecule is COCCn1ncc(C)c1[C@H]1CCN(c2cc(N3C[C@@H](N4CCNCC4)[C@H]3C)nc(C(F)(F)F)n2)[C@H](C)C1. The Morgan fingerprint density at radius 3 is 2.42 bits per heavy atom. The van der Waals surface area contributed by atoms with Crippen LogP contribution in [0, 0.1) is 6.92 Å². The van der Waals surface area contributed by atoms with Gasteiger partial charge >= 0.3 is 6.18 Å². The minimum atomic E-state index is -4.61. The van der Waals surface area contributed by atoms with Crippen LogP contribution in [-0.4, -0.2) is 95.8 Å². The zero-order valence-electron chi connectivity index (χ0n) is 22.7. The Bertz CT molecular complexity index is 1100. The molecule has 3 fully saturated rings. The number of halogens is 3. The van der Waals surface area contributed by atoms with E-state index in [4.69, 9.17) is 4.74 Å². The van der Waals surface area contributed by atoms with Crippen LogP contribution in [0.4, 0.5) is 24.8 Å². The lowest BCUT2D eigenvalue weighted by Gasteiger charge is -2.53. The second kappa shape index (κ2) is 11.0. The fourth-order valence-electron chi connectivity index (χ4n) is 6.31. The molecule has 12 heteroatoms. The summed E-state index contributed by atoms with van der Waals surface area (Å²) in [6.45, 7) is 12.6. The van der Waals surface area contributed by atoms with Crippen LogP contribution in [0.15, 0.2) is 12.3 Å². The zero-order chi connectivity index (χ0) is 27.0. The van der Waals surface area contributed by atoms with Crippen molar-refractivity contribution in [2.24, 2.45) is 0 Å². The smallest absolute Gasteiger partial charge is 0.383 e. The number of ether oxygens (including phenoxy) is 1. The van der Waals surface area contributed by atoms with E-state index < -0.39 is 12.0 Å². The Morgan fingerprint density at radius 1 is 1.08 bits per heavy atom. The van der Waals surface area contributed by atoms with Crippen LogP contribution in [0.2, 0.25) is 0 Å². The molecule has 0 aromatic carbocycles. The van der Waals surface area contributed by atoms with Gasteiger partial charge in [-0.2, -0.15) is 18.3 Å². The van der Waals surface area contributed by atoms with Crippen LogP contribution < -0.4 is 15.1 Å². The number of hydrogen-bond acceptors (Lipinski definition) is 8. The second-order valence-electron chi connectivity index (χ2n) is 10.8. The lowest BCUT2D eigenvalue weighted by molar-refractivity contribution is -0.144. The van der Waals surface area contributed by atoms with Crippen LogP contribution >= 0.6 is 0 Å². The van der Waals surface area contributed by atoms with Crippen LogP contribution in [0.3, 0.4) is 0 Å². The molecule has 4 atom stereocenters. The van der Waals surface area contributed by atoms with E-state index in [2.05, 4.69) is 46.1 Å². The highest BCUT2D eigenvalue weighted by atomic mass is 19.4. The number of methoxy groups -OCH3 is 1. The van der Waals surface area contributed by atoms with Gasteiger partial charge < -0.3 is 19.9 Å². The topological polar surface area (TPSA) is 74.6 Å². The normalized spacial score (nSPS) is 27.0. The predicted octanol–water partition coefficient (Wildman–Crippen LogP) is 2.90. The summed E-state index contributed by atoms with van der Waals surface area (Å²) in [4.78, 5) is 14.4. The van der Waals surface area contributed by atoms with Crippen LogP contribution in [0.25, 0.3) is 0 Å². The largest absolute Gasteiger partial charge is 0.451 e. The van der Waals surface area contributed by atoms with E-state index in [0.29, 0.717) is 43.9 Å². The highest BCUT2D eigenvalue weighted by Crippen LogP contribution is 2.38. The van der Waals surface area contributed by atoms with Crippen molar-refractivity contribution in [3.8, 4) is 0 Å². The zero-order valence-corrected chi connectivity index (χ0v) is 22.7. The lowest BCUT2D eigenvalue weighted by atomic mass is 9.87. The van der Waals surface area contributed by atoms with Crippen molar-refractivity contribution in [3.05, 3.63) is 29.3 Å². The maximum absolute atomic E-state index is 13.9. The minimum Gasteiger partial charge on any atom is -0.383 e. The molecule has 5 heterocycles. The number of rotatable bonds is 7. The van der Waals surface area contributed by atoms with Crippen LogP contribution in [0.1, 0.15) is 49.7 Å². The minimum absolute atomic E-state index is 0.0187. The number of piperazine rings is 1. The molecule has 1 N–H and O–H groups in total. The molecule has 2 aromatic rings. The van der Waals surface area contributed by atoms with Crippen molar-refractivity contribution in [2.45, 2.75) is 70.4 Å². The third-order valence-corrected chi connectivity index (χ3v) is 8.44. The number of piperidine rings is 1. The van der Waals surface area contributed by atoms with Crippen LogP contribution in [0.5, 0.6) is 0 Å². The van der Waals surface area contributed by atoms with E-state index in [9.17, 15) is 13.2 Å². The van der Waals surface area contributed by atoms with Gasteiger partial charge in [0.15, 0.2) is 0 Å². The van der Waals surface area contributed by atoms with Crippen molar-refractivity contribution < 1.29 is 17.9 Å². The summed E-state index contributed by atoms with van der Waals surface area (Å²) in [5.74, 6) is -0.0652. The number of alkyl halides is 3. The average Bonchev–Trinajstić information content (AvgIpc) is 3.26. The quantitative estimate of drug-likeness (QED) is 0.579. The van der Waals surface area contributed by atoms with Crippen molar-refractivity contribution in [2.75, 3.05) is 62.8 Å². The third-order valence-electron chi connectivity index (χ3n) is 8.44. The molecule has 210 valence electrons. The van der Waals surface area contributed by atoms with Crippen molar-refractivity contribution >= 4 is 11.6 Å². The summed E-state index contributed by atoms with van der Waals surface area (Å²) in [6, 6.07) is 2.19. The third kappa shape index (κ3) is 5.35. The van der Waals surface area contributed by atoms with E-state index in [1.807, 2.05) is 20.7 Å². The molecule has 0 unspecified atom stereocenters. The standard InChI is InChI=1S/C26H39F3N8O/c1-17-15-31-37(11-12-38-4)24(17)20-5-8-35(18(2)13-20)22-14-23(33-25(32-22)26(27,28)29)36-16-21(19(36)3)34-9-6-30-7-10-34/h14-15,18-21,30H,5-13,16H2,1-4H3/t18-,19-,20+,21-/m1/s1. The molecule has 0 bridgehead atoms. The fraction of sp³-hybridized carbons (Fsp3) is 0.731. The summed E-state index contributed by atoms with van der Waals surface area (Å²) in [7, 11) is 1.67. The van der Waals surface area contributed by atoms with E-state index in [-0.39, 0.29) is 18.0 Å². The molecular formula is C26H39F3N8O. The molecule has 0 aliphatic carbocycles. The van der Waals surface area contributed by atoms with Gasteiger partial charge in [-0.15, -0.1) is 0 Å². The summed E-state index contributed by atoms with van der Waals surface area (Å²) < 4.78 is 49.0. The van der Waals surface area contributed by atoms with Gasteiger partial charge in [0.2, 0.25) is 5.82 Å². The molecule has 0 amide bonds. The number of anilines is 2. The summed E-state index contributed by atoms with van der Waals surface area (Å²) >= 11 is 0. The van der Waals surface area contributed by atoms with Crippen LogP contribution in [-0.2, 0) is 17.5 Å². The first kappa shape index (κ1) is 27.1. The Kier molecular flexibility index (Phi) is 7.84. The first-order valence-electron chi connectivity index (χ1n) is 13.6. The van der Waals surface area contributed by atoms with Gasteiger partial charge in [0.25, 0.3) is 0 Å². The molecule has 3 aliphatic heterocycles. The summed E-state index contributed by atoms with van der Waals surface area (Å²) in [5.41, 5.74) is 2.34. The average molecular weight is 537 g/mol. The van der Waals surface area contributed by atoms with Gasteiger partial charge in [0, 0.05) is 82.2 Å². The molecular weight excluding hydrogens is 497 g/mol. The molecule has 9 nitrogen and oxygen atoms in total. The maximum Gasteiger partial charge on any atom is 0.451 e. The molecule has 5 rings (SSSR count). The molecule has 0 spiro atoms. The first-order valence-corrected chi connectivity index (χ1v) is 13.6. The second-order valence-corrected chi connectivity index (χ2v) is 10.8. The van der Waals surface area contributed by atoms with Crippen molar-refractivity contribution in [1.82, 2.24) is 30.0 Å². The number of nitrogens with zero attached hydrogens (tertiary/aromatic N) is 7.